The third-order valence-electron chi connectivity index (χ3n) is 3.61. The number of hydrogen-bond donors (Lipinski definition) is 3. The van der Waals surface area contributed by atoms with Gasteiger partial charge in [0, 0.05) is 30.0 Å². The lowest BCUT2D eigenvalue weighted by atomic mass is 9.80. The smallest absolute Gasteiger partial charge is 0.208 e. The summed E-state index contributed by atoms with van der Waals surface area (Å²) in [5.41, 5.74) is 1.03. The van der Waals surface area contributed by atoms with Gasteiger partial charge >= 0.3 is 0 Å². The molecule has 0 unspecified atom stereocenters. The van der Waals surface area contributed by atoms with Crippen LogP contribution in [-0.2, 0) is 0 Å². The molecule has 22 heavy (non-hydrogen) atoms. The number of aromatic nitrogens is 5. The molecular weight excluding hydrogens is 300 g/mol. The second-order valence-corrected chi connectivity index (χ2v) is 6.59. The van der Waals surface area contributed by atoms with Crippen LogP contribution in [0.3, 0.4) is 0 Å². The number of hydrogen-bond acceptors (Lipinski definition) is 7. The van der Waals surface area contributed by atoms with Crippen LogP contribution in [0.2, 0.25) is 0 Å². The van der Waals surface area contributed by atoms with E-state index in [1.807, 2.05) is 19.9 Å². The van der Waals surface area contributed by atoms with Crippen LogP contribution in [0.25, 0.3) is 0 Å². The van der Waals surface area contributed by atoms with Crippen LogP contribution in [-0.4, -0.2) is 48.7 Å². The molecule has 0 atom stereocenters. The largest absolute Gasteiger partial charge is 0.393 e. The van der Waals surface area contributed by atoms with Crippen molar-refractivity contribution in [2.45, 2.75) is 43.9 Å². The molecule has 118 valence electrons. The number of rotatable bonds is 6. The Hall–Kier alpha value is -1.67. The van der Waals surface area contributed by atoms with E-state index < -0.39 is 0 Å². The monoisotopic (exact) mass is 320 g/mol. The maximum absolute atomic E-state index is 9.43. The Balaban J connectivity index is 1.51. The summed E-state index contributed by atoms with van der Waals surface area (Å²) in [6.07, 6.45) is 1.43. The molecule has 7 nitrogen and oxygen atoms in total. The summed E-state index contributed by atoms with van der Waals surface area (Å²) >= 11 is 1.60. The molecule has 8 heteroatoms. The molecule has 2 aromatic rings. The Morgan fingerprint density at radius 1 is 1.32 bits per heavy atom. The van der Waals surface area contributed by atoms with Gasteiger partial charge < -0.3 is 10.4 Å². The fourth-order valence-electron chi connectivity index (χ4n) is 2.43. The third-order valence-corrected chi connectivity index (χ3v) is 4.45. The molecule has 1 saturated carbocycles. The number of aromatic amines is 1. The Morgan fingerprint density at radius 2 is 2.14 bits per heavy atom. The number of anilines is 1. The Labute approximate surface area is 133 Å². The molecule has 0 bridgehead atoms. The molecule has 0 aromatic carbocycles. The summed E-state index contributed by atoms with van der Waals surface area (Å²) in [4.78, 5) is 13.1. The van der Waals surface area contributed by atoms with Crippen LogP contribution < -0.4 is 5.32 Å². The van der Waals surface area contributed by atoms with Crippen molar-refractivity contribution in [3.8, 4) is 0 Å². The molecule has 3 rings (SSSR count). The molecule has 2 aromatic heterocycles. The molecule has 1 fully saturated rings. The quantitative estimate of drug-likeness (QED) is 0.550. The van der Waals surface area contributed by atoms with Gasteiger partial charge in [-0.1, -0.05) is 11.8 Å². The summed E-state index contributed by atoms with van der Waals surface area (Å²) in [5, 5.41) is 20.4. The number of thioether (sulfide) groups is 1. The van der Waals surface area contributed by atoms with E-state index in [9.17, 15) is 5.11 Å². The highest BCUT2D eigenvalue weighted by Crippen LogP contribution is 2.36. The molecule has 3 N–H and O–H groups in total. The number of nitrogens with zero attached hydrogens (tertiary/aromatic N) is 4. The van der Waals surface area contributed by atoms with Crippen molar-refractivity contribution in [1.82, 2.24) is 25.1 Å². The molecule has 0 spiro atoms. The highest BCUT2D eigenvalue weighted by Gasteiger charge is 2.30. The lowest BCUT2D eigenvalue weighted by molar-refractivity contribution is 0.0731. The summed E-state index contributed by atoms with van der Waals surface area (Å²) in [6, 6.07) is 1.99. The lowest BCUT2D eigenvalue weighted by Gasteiger charge is -2.31. The standard InChI is InChI=1S/C14H20N6OS/c1-8-16-12(10-5-11(21)6-10)7-13(17-8)15-3-4-22-14-18-9(2)19-20-14/h7,10-11,21H,3-6H2,1-2H3,(H,15,16,17)(H,18,19,20). The summed E-state index contributed by atoms with van der Waals surface area (Å²) in [5.74, 6) is 3.66. The van der Waals surface area contributed by atoms with E-state index in [0.29, 0.717) is 5.92 Å². The lowest BCUT2D eigenvalue weighted by Crippen LogP contribution is -2.27. The van der Waals surface area contributed by atoms with Crippen molar-refractivity contribution < 1.29 is 5.11 Å². The molecule has 0 aliphatic heterocycles. The molecule has 1 aliphatic carbocycles. The maximum atomic E-state index is 9.43. The van der Waals surface area contributed by atoms with Crippen LogP contribution in [0.1, 0.15) is 36.1 Å². The average Bonchev–Trinajstić information content (AvgIpc) is 2.85. The van der Waals surface area contributed by atoms with Gasteiger partial charge in [-0.25, -0.2) is 15.0 Å². The molecular formula is C14H20N6OS. The zero-order chi connectivity index (χ0) is 15.5. The topological polar surface area (TPSA) is 99.6 Å². The highest BCUT2D eigenvalue weighted by atomic mass is 32.2. The van der Waals surface area contributed by atoms with Crippen molar-refractivity contribution in [2.75, 3.05) is 17.6 Å². The first-order valence-electron chi connectivity index (χ1n) is 7.39. The first-order chi connectivity index (χ1) is 10.6. The first-order valence-corrected chi connectivity index (χ1v) is 8.38. The van der Waals surface area contributed by atoms with Crippen molar-refractivity contribution >= 4 is 17.6 Å². The minimum Gasteiger partial charge on any atom is -0.393 e. The average molecular weight is 320 g/mol. The van der Waals surface area contributed by atoms with Gasteiger partial charge in [0.1, 0.15) is 17.5 Å². The molecule has 1 aliphatic rings. The zero-order valence-corrected chi connectivity index (χ0v) is 13.5. The van der Waals surface area contributed by atoms with Crippen molar-refractivity contribution in [1.29, 1.82) is 0 Å². The van der Waals surface area contributed by atoms with E-state index in [1.54, 1.807) is 11.8 Å². The molecule has 0 saturated heterocycles. The van der Waals surface area contributed by atoms with Crippen molar-refractivity contribution in [3.63, 3.8) is 0 Å². The van der Waals surface area contributed by atoms with Gasteiger partial charge in [0.15, 0.2) is 0 Å². The van der Waals surface area contributed by atoms with Crippen molar-refractivity contribution in [2.24, 2.45) is 0 Å². The molecule has 0 amide bonds. The third kappa shape index (κ3) is 3.75. The highest BCUT2D eigenvalue weighted by molar-refractivity contribution is 7.99. The second kappa shape index (κ2) is 6.62. The number of H-pyrrole nitrogens is 1. The Bertz CT molecular complexity index is 640. The predicted octanol–water partition coefficient (Wildman–Crippen LogP) is 1.65. The van der Waals surface area contributed by atoms with Crippen molar-refractivity contribution in [3.05, 3.63) is 23.4 Å². The van der Waals surface area contributed by atoms with E-state index in [-0.39, 0.29) is 6.10 Å². The SMILES string of the molecule is Cc1nc(NCCSc2n[nH]c(C)n2)cc(C2CC(O)C2)n1. The predicted molar refractivity (Wildman–Crippen MR) is 85.1 cm³/mol. The van der Waals surface area contributed by atoms with Gasteiger partial charge in [-0.05, 0) is 26.7 Å². The van der Waals surface area contributed by atoms with Crippen LogP contribution in [0, 0.1) is 13.8 Å². The van der Waals surface area contributed by atoms with Gasteiger partial charge in [-0.15, -0.1) is 5.10 Å². The summed E-state index contributed by atoms with van der Waals surface area (Å²) in [6.45, 7) is 4.56. The van der Waals surface area contributed by atoms with E-state index in [2.05, 4.69) is 30.5 Å². The minimum atomic E-state index is -0.169. The zero-order valence-electron chi connectivity index (χ0n) is 12.7. The van der Waals surface area contributed by atoms with Gasteiger partial charge in [-0.2, -0.15) is 0 Å². The maximum Gasteiger partial charge on any atom is 0.208 e. The van der Waals surface area contributed by atoms with Crippen LogP contribution >= 0.6 is 11.8 Å². The van der Waals surface area contributed by atoms with Gasteiger partial charge in [0.05, 0.1) is 6.10 Å². The number of nitrogens with one attached hydrogen (secondary N) is 2. The fourth-order valence-corrected chi connectivity index (χ4v) is 3.13. The van der Waals surface area contributed by atoms with E-state index in [1.165, 1.54) is 0 Å². The van der Waals surface area contributed by atoms with Crippen LogP contribution in [0.15, 0.2) is 11.2 Å². The number of aliphatic hydroxyl groups excluding tert-OH is 1. The van der Waals surface area contributed by atoms with E-state index in [0.717, 1.165) is 53.5 Å². The van der Waals surface area contributed by atoms with Gasteiger partial charge in [0.25, 0.3) is 0 Å². The first kappa shape index (κ1) is 15.2. The van der Waals surface area contributed by atoms with Gasteiger partial charge in [-0.3, -0.25) is 5.10 Å². The number of aryl methyl sites for hydroxylation is 2. The minimum absolute atomic E-state index is 0.169. The molecule has 0 radical (unpaired) electrons. The fraction of sp³-hybridized carbons (Fsp3) is 0.571. The van der Waals surface area contributed by atoms with Gasteiger partial charge in [0.2, 0.25) is 5.16 Å². The van der Waals surface area contributed by atoms with Crippen LogP contribution in [0.5, 0.6) is 0 Å². The Morgan fingerprint density at radius 3 is 2.82 bits per heavy atom. The van der Waals surface area contributed by atoms with Crippen LogP contribution in [0.4, 0.5) is 5.82 Å². The molecule has 2 heterocycles. The normalized spacial score (nSPS) is 20.7. The van der Waals surface area contributed by atoms with E-state index in [4.69, 9.17) is 0 Å². The number of aliphatic hydroxyl groups is 1. The van der Waals surface area contributed by atoms with E-state index >= 15 is 0 Å². The summed E-state index contributed by atoms with van der Waals surface area (Å²) < 4.78 is 0. The Kier molecular flexibility index (Phi) is 4.58. The second-order valence-electron chi connectivity index (χ2n) is 5.53. The summed E-state index contributed by atoms with van der Waals surface area (Å²) in [7, 11) is 0.